The summed E-state index contributed by atoms with van der Waals surface area (Å²) in [6.07, 6.45) is 0. The standard InChI is InChI=1S/C32H6Cl12N8.Cu/c33-13-7-9(15(35)21(41)19(13)39)29-48-27(7)46-25-5-3-1-2-4-6(5)26(45-25)47-28-8-10(16(36)22(42)20(40)14(8)34)30(49-28)51-32-12-11(31(50-29)52-32)17(37)23(43)24(44)18(12)38;/h1-4H,(H2,45,46,47,48,49,50,51,52);. The van der Waals surface area contributed by atoms with Crippen molar-refractivity contribution in [2.45, 2.75) is 0 Å². The molecule has 2 aliphatic heterocycles. The van der Waals surface area contributed by atoms with E-state index in [1.54, 1.807) is 0 Å². The van der Waals surface area contributed by atoms with Crippen molar-refractivity contribution in [1.29, 1.82) is 0 Å². The molecule has 21 heteroatoms. The number of halogens is 12. The molecule has 0 aliphatic carbocycles. The number of benzene rings is 4. The summed E-state index contributed by atoms with van der Waals surface area (Å²) in [4.78, 5) is 35.4. The number of aromatic amines is 2. The van der Waals surface area contributed by atoms with Crippen LogP contribution >= 0.6 is 139 Å². The molecule has 5 heterocycles. The van der Waals surface area contributed by atoms with Gasteiger partial charge in [0.05, 0.1) is 92.9 Å². The molecule has 0 saturated carbocycles. The molecule has 4 aromatic carbocycles. The van der Waals surface area contributed by atoms with Crippen LogP contribution in [0.5, 0.6) is 0 Å². The van der Waals surface area contributed by atoms with Gasteiger partial charge in [-0.1, -0.05) is 163 Å². The summed E-state index contributed by atoms with van der Waals surface area (Å²) in [5.41, 5.74) is 2.31. The van der Waals surface area contributed by atoms with Crippen molar-refractivity contribution in [1.82, 2.24) is 39.9 Å². The van der Waals surface area contributed by atoms with Gasteiger partial charge in [-0.3, -0.25) is 0 Å². The molecule has 2 aliphatic rings. The SMILES string of the molecule is Clc1c(Cl)c(Cl)c2c(c1Cl)-c1nc-2nc2[nH]c(nc3nc(nc4[nH]c(n1)c1c(Cl)c(Cl)c(Cl)c(Cl)c41)-c1ccccc1-3)c1c(Cl)c(Cl)c(Cl)c(Cl)c21.[Cu]. The van der Waals surface area contributed by atoms with Crippen molar-refractivity contribution in [3.05, 3.63) is 84.5 Å². The number of nitrogens with zero attached hydrogens (tertiary/aromatic N) is 6. The number of aromatic nitrogens is 8. The Hall–Kier alpha value is -1.76. The number of H-pyrrole nitrogens is 2. The van der Waals surface area contributed by atoms with E-state index in [1.165, 1.54) is 0 Å². The fourth-order valence-electron chi connectivity index (χ4n) is 6.08. The average molecular weight is 991 g/mol. The Balaban J connectivity index is 0.00000400. The molecular weight excluding hydrogens is 985 g/mol. The second-order valence-electron chi connectivity index (χ2n) is 11.2. The monoisotopic (exact) mass is 985 g/mol. The second kappa shape index (κ2) is 13.7. The van der Waals surface area contributed by atoms with E-state index in [4.69, 9.17) is 169 Å². The Morgan fingerprint density at radius 2 is 0.585 bits per heavy atom. The van der Waals surface area contributed by atoms with Crippen LogP contribution in [0.15, 0.2) is 24.3 Å². The van der Waals surface area contributed by atoms with Crippen LogP contribution < -0.4 is 0 Å². The topological polar surface area (TPSA) is 109 Å². The van der Waals surface area contributed by atoms with Crippen LogP contribution in [0.1, 0.15) is 0 Å². The van der Waals surface area contributed by atoms with Gasteiger partial charge in [0.2, 0.25) is 0 Å². The molecule has 1 radical (unpaired) electrons. The Bertz CT molecular complexity index is 2820. The molecule has 7 aromatic rings. The third kappa shape index (κ3) is 5.54. The predicted octanol–water partition coefficient (Wildman–Crippen LogP) is 14.7. The summed E-state index contributed by atoms with van der Waals surface area (Å²) in [5.74, 6) is 0.528. The van der Waals surface area contributed by atoms with Crippen LogP contribution in [0.25, 0.3) is 89.7 Å². The van der Waals surface area contributed by atoms with Gasteiger partial charge in [0.25, 0.3) is 0 Å². The molecule has 2 N–H and O–H groups in total. The summed E-state index contributed by atoms with van der Waals surface area (Å²) < 4.78 is 0. The normalized spacial score (nSPS) is 12.0. The zero-order chi connectivity index (χ0) is 36.7. The molecular formula is C32H6Cl12CuN8. The minimum absolute atomic E-state index is 0. The Morgan fingerprint density at radius 3 is 0.906 bits per heavy atom. The molecule has 8 nitrogen and oxygen atoms in total. The largest absolute Gasteiger partial charge is 0.324 e. The molecule has 3 aromatic heterocycles. The van der Waals surface area contributed by atoms with Crippen LogP contribution in [-0.2, 0) is 17.1 Å². The third-order valence-electron chi connectivity index (χ3n) is 8.37. The molecule has 0 spiro atoms. The first-order valence-corrected chi connectivity index (χ1v) is 18.8. The minimum Gasteiger partial charge on any atom is -0.324 e. The van der Waals surface area contributed by atoms with E-state index in [9.17, 15) is 0 Å². The molecule has 9 rings (SSSR count). The van der Waals surface area contributed by atoms with Crippen molar-refractivity contribution in [2.24, 2.45) is 0 Å². The zero-order valence-electron chi connectivity index (χ0n) is 24.8. The van der Waals surface area contributed by atoms with E-state index in [0.29, 0.717) is 21.9 Å². The van der Waals surface area contributed by atoms with Gasteiger partial charge >= 0.3 is 0 Å². The molecule has 0 atom stereocenters. The molecule has 53 heavy (non-hydrogen) atoms. The number of rotatable bonds is 0. The zero-order valence-corrected chi connectivity index (χ0v) is 34.8. The van der Waals surface area contributed by atoms with Gasteiger partial charge in [-0.15, -0.1) is 0 Å². The third-order valence-corrected chi connectivity index (χ3v) is 13.8. The Morgan fingerprint density at radius 1 is 0.321 bits per heavy atom. The number of hydrogen-bond donors (Lipinski definition) is 2. The van der Waals surface area contributed by atoms with Gasteiger partial charge < -0.3 is 9.97 Å². The number of fused-ring (bicyclic) bond motifs is 20. The van der Waals surface area contributed by atoms with E-state index in [-0.39, 0.29) is 145 Å². The quantitative estimate of drug-likeness (QED) is 0.0890. The summed E-state index contributed by atoms with van der Waals surface area (Å²) in [6.45, 7) is 0. The first-order valence-electron chi connectivity index (χ1n) is 14.3. The first-order chi connectivity index (χ1) is 24.8. The van der Waals surface area contributed by atoms with Crippen LogP contribution in [0.2, 0.25) is 60.3 Å². The predicted molar refractivity (Wildman–Crippen MR) is 216 cm³/mol. The minimum atomic E-state index is -0.0440. The maximum absolute atomic E-state index is 6.83. The summed E-state index contributed by atoms with van der Waals surface area (Å²) >= 11 is 80.3. The smallest absolute Gasteiger partial charge is 0.166 e. The van der Waals surface area contributed by atoms with Crippen LogP contribution in [0.4, 0.5) is 0 Å². The maximum Gasteiger partial charge on any atom is 0.166 e. The van der Waals surface area contributed by atoms with E-state index < -0.39 is 0 Å². The van der Waals surface area contributed by atoms with Crippen LogP contribution in [0, 0.1) is 0 Å². The van der Waals surface area contributed by atoms with Crippen molar-refractivity contribution in [3.63, 3.8) is 0 Å². The van der Waals surface area contributed by atoms with Gasteiger partial charge in [-0.25, -0.2) is 29.9 Å². The van der Waals surface area contributed by atoms with Crippen molar-refractivity contribution >= 4 is 183 Å². The molecule has 8 bridgehead atoms. The van der Waals surface area contributed by atoms with E-state index in [2.05, 4.69) is 9.97 Å². The summed E-state index contributed by atoms with van der Waals surface area (Å²) in [5, 5.41) is 1.20. The van der Waals surface area contributed by atoms with Crippen molar-refractivity contribution in [3.8, 4) is 45.6 Å². The molecule has 0 amide bonds. The molecule has 0 fully saturated rings. The van der Waals surface area contributed by atoms with Gasteiger partial charge in [-0.05, 0) is 0 Å². The van der Waals surface area contributed by atoms with Crippen LogP contribution in [0.3, 0.4) is 0 Å². The van der Waals surface area contributed by atoms with Crippen molar-refractivity contribution < 1.29 is 17.1 Å². The molecule has 0 unspecified atom stereocenters. The first kappa shape index (κ1) is 38.1. The summed E-state index contributed by atoms with van der Waals surface area (Å²) in [6, 6.07) is 7.33. The fraction of sp³-hybridized carbons (Fsp3) is 0. The van der Waals surface area contributed by atoms with E-state index in [1.807, 2.05) is 24.3 Å². The fourth-order valence-corrected chi connectivity index (χ4v) is 9.16. The van der Waals surface area contributed by atoms with E-state index >= 15 is 0 Å². The second-order valence-corrected chi connectivity index (χ2v) is 15.7. The maximum atomic E-state index is 6.83. The number of nitrogens with one attached hydrogen (secondary N) is 2. The Kier molecular flexibility index (Phi) is 9.87. The number of hydrogen-bond acceptors (Lipinski definition) is 6. The average Bonchev–Trinajstić information content (AvgIpc) is 3.87. The van der Waals surface area contributed by atoms with Gasteiger partial charge in [-0.2, -0.15) is 0 Å². The van der Waals surface area contributed by atoms with Gasteiger partial charge in [0.15, 0.2) is 23.3 Å². The van der Waals surface area contributed by atoms with E-state index in [0.717, 1.165) is 0 Å². The molecule has 0 saturated heterocycles. The van der Waals surface area contributed by atoms with Crippen molar-refractivity contribution in [2.75, 3.05) is 0 Å². The van der Waals surface area contributed by atoms with Gasteiger partial charge in [0.1, 0.15) is 22.6 Å². The van der Waals surface area contributed by atoms with Crippen LogP contribution in [-0.4, -0.2) is 39.9 Å². The molecule has 269 valence electrons. The Labute approximate surface area is 366 Å². The van der Waals surface area contributed by atoms with Gasteiger partial charge in [0, 0.05) is 28.2 Å². The summed E-state index contributed by atoms with van der Waals surface area (Å²) in [7, 11) is 0.